The highest BCUT2D eigenvalue weighted by Crippen LogP contribution is 2.26. The van der Waals surface area contributed by atoms with Crippen LogP contribution in [0.1, 0.15) is 18.1 Å². The van der Waals surface area contributed by atoms with Crippen LogP contribution in [0.25, 0.3) is 6.08 Å². The van der Waals surface area contributed by atoms with Crippen molar-refractivity contribution in [3.63, 3.8) is 0 Å². The number of alkyl halides is 2. The number of likely N-dealkylation sites (N-methyl/N-ethyl adjacent to an activating group) is 1. The van der Waals surface area contributed by atoms with Crippen LogP contribution in [-0.4, -0.2) is 37.4 Å². The molecule has 0 saturated carbocycles. The highest BCUT2D eigenvalue weighted by molar-refractivity contribution is 5.94. The Morgan fingerprint density at radius 3 is 2.29 bits per heavy atom. The quantitative estimate of drug-likeness (QED) is 0.845. The molecule has 4 nitrogen and oxygen atoms in total. The summed E-state index contributed by atoms with van der Waals surface area (Å²) in [7, 11) is 3.19. The van der Waals surface area contributed by atoms with Crippen LogP contribution < -0.4 is 5.32 Å². The normalized spacial score (nSPS) is 11.5. The number of carbonyl (C=O) groups excluding carboxylic acids is 2. The van der Waals surface area contributed by atoms with E-state index < -0.39 is 11.8 Å². The lowest BCUT2D eigenvalue weighted by Gasteiger charge is -2.10. The molecule has 114 valence electrons. The average molecular weight is 296 g/mol. The smallest absolute Gasteiger partial charge is 0.270 e. The minimum atomic E-state index is -2.88. The van der Waals surface area contributed by atoms with Crippen LogP contribution >= 0.6 is 0 Å². The van der Waals surface area contributed by atoms with Crippen LogP contribution in [0.3, 0.4) is 0 Å². The molecule has 0 atom stereocenters. The molecule has 0 fully saturated rings. The highest BCUT2D eigenvalue weighted by atomic mass is 19.3. The van der Waals surface area contributed by atoms with Crippen LogP contribution in [0.4, 0.5) is 8.78 Å². The van der Waals surface area contributed by atoms with Gasteiger partial charge in [0.05, 0.1) is 6.54 Å². The van der Waals surface area contributed by atoms with Gasteiger partial charge in [-0.05, 0) is 11.6 Å². The molecule has 0 heterocycles. The van der Waals surface area contributed by atoms with Gasteiger partial charge in [0.25, 0.3) is 5.92 Å². The van der Waals surface area contributed by atoms with E-state index in [1.807, 2.05) is 0 Å². The first kappa shape index (κ1) is 16.8. The summed E-state index contributed by atoms with van der Waals surface area (Å²) in [6.45, 7) is 0.740. The van der Waals surface area contributed by atoms with Gasteiger partial charge in [-0.15, -0.1) is 0 Å². The summed E-state index contributed by atoms with van der Waals surface area (Å²) in [5.41, 5.74) is 0.540. The topological polar surface area (TPSA) is 49.4 Å². The van der Waals surface area contributed by atoms with Crippen LogP contribution in [0.15, 0.2) is 30.3 Å². The van der Waals surface area contributed by atoms with E-state index in [9.17, 15) is 18.4 Å². The van der Waals surface area contributed by atoms with Gasteiger partial charge in [0.2, 0.25) is 11.8 Å². The number of amides is 2. The second-order valence-electron chi connectivity index (χ2n) is 4.85. The van der Waals surface area contributed by atoms with Crippen molar-refractivity contribution in [1.82, 2.24) is 10.2 Å². The number of nitrogens with one attached hydrogen (secondary N) is 1. The fourth-order valence-electron chi connectivity index (χ4n) is 1.44. The van der Waals surface area contributed by atoms with Crippen LogP contribution in [0, 0.1) is 0 Å². The fraction of sp³-hybridized carbons (Fsp3) is 0.333. The first-order chi connectivity index (χ1) is 9.70. The van der Waals surface area contributed by atoms with E-state index in [4.69, 9.17) is 0 Å². The third-order valence-corrected chi connectivity index (χ3v) is 2.76. The molecule has 1 aromatic rings. The Labute approximate surface area is 122 Å². The van der Waals surface area contributed by atoms with E-state index in [1.165, 1.54) is 41.3 Å². The number of nitrogens with zero attached hydrogens (tertiary/aromatic N) is 1. The molecule has 0 aliphatic heterocycles. The highest BCUT2D eigenvalue weighted by Gasteiger charge is 2.23. The van der Waals surface area contributed by atoms with Crippen LogP contribution in [0.5, 0.6) is 0 Å². The zero-order valence-electron chi connectivity index (χ0n) is 12.2. The van der Waals surface area contributed by atoms with Gasteiger partial charge in [0, 0.05) is 32.7 Å². The van der Waals surface area contributed by atoms with Crippen molar-refractivity contribution >= 4 is 17.9 Å². The number of halogens is 2. The fourth-order valence-corrected chi connectivity index (χ4v) is 1.44. The lowest BCUT2D eigenvalue weighted by atomic mass is 10.1. The summed E-state index contributed by atoms with van der Waals surface area (Å²) in [5, 5.41) is 2.43. The summed E-state index contributed by atoms with van der Waals surface area (Å²) in [5.74, 6) is -3.52. The first-order valence-corrected chi connectivity index (χ1v) is 6.34. The maximum absolute atomic E-state index is 13.0. The third kappa shape index (κ3) is 5.72. The lowest BCUT2D eigenvalue weighted by molar-refractivity contribution is -0.129. The van der Waals surface area contributed by atoms with Crippen molar-refractivity contribution in [2.75, 3.05) is 20.6 Å². The third-order valence-electron chi connectivity index (χ3n) is 2.76. The molecule has 0 bridgehead atoms. The Hall–Kier alpha value is -2.24. The Morgan fingerprint density at radius 2 is 1.81 bits per heavy atom. The number of benzene rings is 1. The van der Waals surface area contributed by atoms with Crippen molar-refractivity contribution in [3.8, 4) is 0 Å². The van der Waals surface area contributed by atoms with E-state index in [1.54, 1.807) is 14.1 Å². The van der Waals surface area contributed by atoms with Gasteiger partial charge in [0.15, 0.2) is 0 Å². The van der Waals surface area contributed by atoms with Gasteiger partial charge in [-0.3, -0.25) is 9.59 Å². The molecule has 2 amide bonds. The minimum Gasteiger partial charge on any atom is -0.347 e. The maximum atomic E-state index is 13.0. The second-order valence-corrected chi connectivity index (χ2v) is 4.85. The molecular weight excluding hydrogens is 278 g/mol. The van der Waals surface area contributed by atoms with E-state index in [2.05, 4.69) is 5.32 Å². The van der Waals surface area contributed by atoms with Crippen LogP contribution in [0.2, 0.25) is 0 Å². The molecule has 0 aliphatic carbocycles. The van der Waals surface area contributed by atoms with Crippen molar-refractivity contribution < 1.29 is 18.4 Å². The van der Waals surface area contributed by atoms with Gasteiger partial charge in [0.1, 0.15) is 0 Å². The zero-order chi connectivity index (χ0) is 16.0. The molecule has 0 aromatic heterocycles. The molecule has 1 aromatic carbocycles. The van der Waals surface area contributed by atoms with Crippen molar-refractivity contribution in [1.29, 1.82) is 0 Å². The molecule has 0 aliphatic rings. The van der Waals surface area contributed by atoms with Gasteiger partial charge < -0.3 is 10.2 Å². The van der Waals surface area contributed by atoms with Gasteiger partial charge >= 0.3 is 0 Å². The SMILES string of the molecule is CN(C)C(=O)CNC(=O)/C=C/c1ccc(C(C)(F)F)cc1. The predicted molar refractivity (Wildman–Crippen MR) is 76.7 cm³/mol. The Balaban J connectivity index is 2.57. The molecule has 0 saturated heterocycles. The van der Waals surface area contributed by atoms with Gasteiger partial charge in [-0.2, -0.15) is 0 Å². The second kappa shape index (κ2) is 6.97. The number of rotatable bonds is 5. The zero-order valence-corrected chi connectivity index (χ0v) is 12.2. The standard InChI is InChI=1S/C15H18F2N2O2/c1-15(16,17)12-7-4-11(5-8-12)6-9-13(20)18-10-14(21)19(2)3/h4-9H,10H2,1-3H3,(H,18,20)/b9-6+. The minimum absolute atomic E-state index is 0.0827. The lowest BCUT2D eigenvalue weighted by Crippen LogP contribution is -2.35. The molecule has 1 rings (SSSR count). The van der Waals surface area contributed by atoms with Crippen molar-refractivity contribution in [2.24, 2.45) is 0 Å². The van der Waals surface area contributed by atoms with Crippen LogP contribution in [-0.2, 0) is 15.5 Å². The van der Waals surface area contributed by atoms with Crippen molar-refractivity contribution in [3.05, 3.63) is 41.5 Å². The molecule has 21 heavy (non-hydrogen) atoms. The molecule has 0 spiro atoms. The summed E-state index contributed by atoms with van der Waals surface area (Å²) >= 11 is 0. The monoisotopic (exact) mass is 296 g/mol. The maximum Gasteiger partial charge on any atom is 0.270 e. The van der Waals surface area contributed by atoms with E-state index >= 15 is 0 Å². The molecular formula is C15H18F2N2O2. The summed E-state index contributed by atoms with van der Waals surface area (Å²) in [4.78, 5) is 24.1. The molecule has 0 radical (unpaired) electrons. The van der Waals surface area contributed by atoms with Crippen molar-refractivity contribution in [2.45, 2.75) is 12.8 Å². The summed E-state index contributed by atoms with van der Waals surface area (Å²) in [6, 6.07) is 5.63. The predicted octanol–water partition coefficient (Wildman–Crippen LogP) is 2.02. The molecule has 1 N–H and O–H groups in total. The Kier molecular flexibility index (Phi) is 5.58. The summed E-state index contributed by atoms with van der Waals surface area (Å²) < 4.78 is 26.0. The number of hydrogen-bond donors (Lipinski definition) is 1. The van der Waals surface area contributed by atoms with Gasteiger partial charge in [-0.25, -0.2) is 8.78 Å². The molecule has 6 heteroatoms. The largest absolute Gasteiger partial charge is 0.347 e. The summed E-state index contributed by atoms with van der Waals surface area (Å²) in [6.07, 6.45) is 2.75. The molecule has 0 unspecified atom stereocenters. The van der Waals surface area contributed by atoms with E-state index in [0.717, 1.165) is 6.92 Å². The van der Waals surface area contributed by atoms with E-state index in [-0.39, 0.29) is 18.0 Å². The van der Waals surface area contributed by atoms with E-state index in [0.29, 0.717) is 5.56 Å². The Morgan fingerprint density at radius 1 is 1.24 bits per heavy atom. The number of hydrogen-bond acceptors (Lipinski definition) is 2. The first-order valence-electron chi connectivity index (χ1n) is 6.34. The average Bonchev–Trinajstić information content (AvgIpc) is 2.41. The van der Waals surface area contributed by atoms with Gasteiger partial charge in [-0.1, -0.05) is 24.3 Å². The number of carbonyl (C=O) groups is 2. The Bertz CT molecular complexity index is 532.